The fourth-order valence-corrected chi connectivity index (χ4v) is 2.68. The van der Waals surface area contributed by atoms with Gasteiger partial charge in [0.25, 0.3) is 5.91 Å². The molecule has 1 aromatic heterocycles. The monoisotopic (exact) mass is 425 g/mol. The van der Waals surface area contributed by atoms with Crippen LogP contribution in [0.4, 0.5) is 13.2 Å². The molecule has 3 rings (SSSR count). The average Bonchev–Trinajstić information content (AvgIpc) is 3.21. The van der Waals surface area contributed by atoms with Crippen molar-refractivity contribution in [2.24, 2.45) is 5.73 Å². The van der Waals surface area contributed by atoms with E-state index in [0.29, 0.717) is 18.1 Å². The Balaban J connectivity index is 0.00000300. The second kappa shape index (κ2) is 10.0. The second-order valence-corrected chi connectivity index (χ2v) is 6.25. The van der Waals surface area contributed by atoms with Crippen LogP contribution in [0, 0.1) is 17.5 Å². The predicted octanol–water partition coefficient (Wildman–Crippen LogP) is 2.80. The van der Waals surface area contributed by atoms with E-state index in [9.17, 15) is 18.0 Å². The first-order valence-electron chi connectivity index (χ1n) is 8.56. The van der Waals surface area contributed by atoms with Crippen LogP contribution < -0.4 is 11.1 Å². The highest BCUT2D eigenvalue weighted by molar-refractivity contribution is 5.94. The lowest BCUT2D eigenvalue weighted by Gasteiger charge is -2.13. The number of nitrogens with two attached hydrogens (primary N) is 1. The Hall–Kier alpha value is -2.91. The molecule has 0 unspecified atom stereocenters. The lowest BCUT2D eigenvalue weighted by Crippen LogP contribution is -2.31. The Kier molecular flexibility index (Phi) is 7.74. The van der Waals surface area contributed by atoms with Crippen molar-refractivity contribution >= 4 is 18.3 Å². The van der Waals surface area contributed by atoms with Crippen LogP contribution in [0.2, 0.25) is 0 Å². The van der Waals surface area contributed by atoms with E-state index in [1.54, 1.807) is 35.3 Å². The number of hydrogen-bond acceptors (Lipinski definition) is 4. The molecule has 0 radical (unpaired) electrons. The SMILES string of the molecule is Cl.N[C@@H](CCNC(=O)c1ccc(-n2cncn2)cc1)Cc1cc(F)c(F)cc1F. The summed E-state index contributed by atoms with van der Waals surface area (Å²) in [5.41, 5.74) is 7.14. The summed E-state index contributed by atoms with van der Waals surface area (Å²) >= 11 is 0. The van der Waals surface area contributed by atoms with Crippen molar-refractivity contribution in [3.8, 4) is 5.69 Å². The van der Waals surface area contributed by atoms with E-state index in [-0.39, 0.29) is 36.8 Å². The largest absolute Gasteiger partial charge is 0.352 e. The zero-order chi connectivity index (χ0) is 20.1. The fourth-order valence-electron chi connectivity index (χ4n) is 2.68. The van der Waals surface area contributed by atoms with Crippen molar-refractivity contribution in [3.63, 3.8) is 0 Å². The number of amides is 1. The zero-order valence-electron chi connectivity index (χ0n) is 15.2. The number of carbonyl (C=O) groups is 1. The fraction of sp³-hybridized carbons (Fsp3) is 0.211. The molecule has 1 atom stereocenters. The Morgan fingerprint density at radius 1 is 1.10 bits per heavy atom. The molecule has 10 heteroatoms. The summed E-state index contributed by atoms with van der Waals surface area (Å²) in [6, 6.07) is 7.57. The van der Waals surface area contributed by atoms with Crippen LogP contribution in [-0.4, -0.2) is 33.3 Å². The number of benzene rings is 2. The highest BCUT2D eigenvalue weighted by atomic mass is 35.5. The predicted molar refractivity (Wildman–Crippen MR) is 104 cm³/mol. The van der Waals surface area contributed by atoms with Gasteiger partial charge in [0.2, 0.25) is 0 Å². The van der Waals surface area contributed by atoms with Crippen LogP contribution in [0.1, 0.15) is 22.3 Å². The topological polar surface area (TPSA) is 85.8 Å². The molecule has 6 nitrogen and oxygen atoms in total. The summed E-state index contributed by atoms with van der Waals surface area (Å²) in [4.78, 5) is 16.0. The first-order valence-corrected chi connectivity index (χ1v) is 8.56. The standard InChI is InChI=1S/C19H18F3N5O.ClH/c20-16-9-18(22)17(21)8-13(16)7-14(23)5-6-25-19(28)12-1-3-15(4-2-12)27-11-24-10-26-27;/h1-4,8-11,14H,5-7,23H2,(H,25,28);1H/t14-;/m0./s1. The van der Waals surface area contributed by atoms with Crippen LogP contribution >= 0.6 is 12.4 Å². The van der Waals surface area contributed by atoms with Crippen LogP contribution in [0.5, 0.6) is 0 Å². The molecular weight excluding hydrogens is 407 g/mol. The van der Waals surface area contributed by atoms with Gasteiger partial charge in [-0.25, -0.2) is 22.8 Å². The molecule has 29 heavy (non-hydrogen) atoms. The molecule has 1 heterocycles. The molecule has 0 aliphatic carbocycles. The van der Waals surface area contributed by atoms with Crippen molar-refractivity contribution in [2.45, 2.75) is 18.9 Å². The smallest absolute Gasteiger partial charge is 0.251 e. The van der Waals surface area contributed by atoms with Crippen LogP contribution in [0.15, 0.2) is 49.1 Å². The quantitative estimate of drug-likeness (QED) is 0.570. The van der Waals surface area contributed by atoms with E-state index < -0.39 is 23.5 Å². The molecular formula is C19H19ClF3N5O. The summed E-state index contributed by atoms with van der Waals surface area (Å²) in [5, 5.41) is 6.72. The van der Waals surface area contributed by atoms with Gasteiger partial charge >= 0.3 is 0 Å². The lowest BCUT2D eigenvalue weighted by molar-refractivity contribution is 0.0952. The molecule has 3 aromatic rings. The van der Waals surface area contributed by atoms with Crippen molar-refractivity contribution in [2.75, 3.05) is 6.54 Å². The maximum atomic E-state index is 13.7. The van der Waals surface area contributed by atoms with E-state index >= 15 is 0 Å². The van der Waals surface area contributed by atoms with Crippen molar-refractivity contribution in [1.29, 1.82) is 0 Å². The number of nitrogens with one attached hydrogen (secondary N) is 1. The first kappa shape index (κ1) is 22.4. The van der Waals surface area contributed by atoms with Gasteiger partial charge in [0, 0.05) is 24.2 Å². The van der Waals surface area contributed by atoms with Crippen LogP contribution in [-0.2, 0) is 6.42 Å². The molecule has 0 saturated heterocycles. The third-order valence-electron chi connectivity index (χ3n) is 4.18. The number of rotatable bonds is 7. The molecule has 154 valence electrons. The molecule has 0 spiro atoms. The number of hydrogen-bond donors (Lipinski definition) is 2. The Morgan fingerprint density at radius 3 is 2.45 bits per heavy atom. The third kappa shape index (κ3) is 5.78. The van der Waals surface area contributed by atoms with E-state index in [0.717, 1.165) is 11.8 Å². The first-order chi connectivity index (χ1) is 13.4. The highest BCUT2D eigenvalue weighted by Gasteiger charge is 2.13. The van der Waals surface area contributed by atoms with E-state index in [1.165, 1.54) is 6.33 Å². The van der Waals surface area contributed by atoms with Gasteiger partial charge in [-0.1, -0.05) is 0 Å². The maximum Gasteiger partial charge on any atom is 0.251 e. The lowest BCUT2D eigenvalue weighted by atomic mass is 10.0. The van der Waals surface area contributed by atoms with Gasteiger partial charge in [0.1, 0.15) is 18.5 Å². The molecule has 0 fully saturated rings. The normalized spacial score (nSPS) is 11.6. The number of nitrogens with zero attached hydrogens (tertiary/aromatic N) is 3. The minimum atomic E-state index is -1.24. The van der Waals surface area contributed by atoms with Crippen LogP contribution in [0.3, 0.4) is 0 Å². The molecule has 2 aromatic carbocycles. The Bertz CT molecular complexity index is 951. The van der Waals surface area contributed by atoms with Gasteiger partial charge in [-0.2, -0.15) is 5.10 Å². The van der Waals surface area contributed by atoms with Crippen molar-refractivity contribution < 1.29 is 18.0 Å². The van der Waals surface area contributed by atoms with Gasteiger partial charge in [-0.15, -0.1) is 12.4 Å². The van der Waals surface area contributed by atoms with Crippen LogP contribution in [0.25, 0.3) is 5.69 Å². The minimum Gasteiger partial charge on any atom is -0.352 e. The molecule has 0 aliphatic rings. The minimum absolute atomic E-state index is 0. The average molecular weight is 426 g/mol. The maximum absolute atomic E-state index is 13.7. The molecule has 0 aliphatic heterocycles. The second-order valence-electron chi connectivity index (χ2n) is 6.25. The number of carbonyl (C=O) groups excluding carboxylic acids is 1. The Morgan fingerprint density at radius 2 is 1.79 bits per heavy atom. The van der Waals surface area contributed by atoms with E-state index in [4.69, 9.17) is 5.73 Å². The summed E-state index contributed by atoms with van der Waals surface area (Å²) in [7, 11) is 0. The van der Waals surface area contributed by atoms with Gasteiger partial charge in [0.15, 0.2) is 11.6 Å². The van der Waals surface area contributed by atoms with E-state index in [1.807, 2.05) is 0 Å². The third-order valence-corrected chi connectivity index (χ3v) is 4.18. The summed E-state index contributed by atoms with van der Waals surface area (Å²) < 4.78 is 41.4. The summed E-state index contributed by atoms with van der Waals surface area (Å²) in [6.45, 7) is 0.260. The molecule has 0 saturated carbocycles. The molecule has 0 bridgehead atoms. The molecule has 1 amide bonds. The zero-order valence-corrected chi connectivity index (χ0v) is 16.0. The van der Waals surface area contributed by atoms with Crippen molar-refractivity contribution in [1.82, 2.24) is 20.1 Å². The van der Waals surface area contributed by atoms with Gasteiger partial charge in [-0.3, -0.25) is 4.79 Å². The number of aromatic nitrogens is 3. The summed E-state index contributed by atoms with van der Waals surface area (Å²) in [6.07, 6.45) is 3.34. The number of halogens is 4. The summed E-state index contributed by atoms with van der Waals surface area (Å²) in [5.74, 6) is -3.48. The van der Waals surface area contributed by atoms with Gasteiger partial charge in [0.05, 0.1) is 5.69 Å². The highest BCUT2D eigenvalue weighted by Crippen LogP contribution is 2.15. The van der Waals surface area contributed by atoms with Crippen molar-refractivity contribution in [3.05, 3.63) is 77.6 Å². The van der Waals surface area contributed by atoms with E-state index in [2.05, 4.69) is 15.4 Å². The van der Waals surface area contributed by atoms with Gasteiger partial charge < -0.3 is 11.1 Å². The molecule has 3 N–H and O–H groups in total. The Labute approximate surface area is 171 Å². The van der Waals surface area contributed by atoms with Gasteiger partial charge in [-0.05, 0) is 48.7 Å².